The molecule has 0 aliphatic heterocycles. The first kappa shape index (κ1) is 14.7. The van der Waals surface area contributed by atoms with Gasteiger partial charge in [-0.2, -0.15) is 0 Å². The Balaban J connectivity index is 1.87. The fourth-order valence-electron chi connectivity index (χ4n) is 2.46. The number of aliphatic hydroxyl groups is 1. The van der Waals surface area contributed by atoms with Gasteiger partial charge in [-0.3, -0.25) is 0 Å². The van der Waals surface area contributed by atoms with Crippen LogP contribution in [0.4, 0.5) is 16.2 Å². The highest BCUT2D eigenvalue weighted by atomic mass is 16.3. The molecule has 5 nitrogen and oxygen atoms in total. The highest BCUT2D eigenvalue weighted by molar-refractivity contribution is 5.89. The van der Waals surface area contributed by atoms with Crippen molar-refractivity contribution in [1.29, 1.82) is 0 Å². The van der Waals surface area contributed by atoms with Crippen LogP contribution in [-0.4, -0.2) is 37.4 Å². The topological polar surface area (TPSA) is 64.6 Å². The molecule has 1 aliphatic carbocycles. The highest BCUT2D eigenvalue weighted by Crippen LogP contribution is 2.19. The van der Waals surface area contributed by atoms with Crippen LogP contribution in [0.1, 0.15) is 25.7 Å². The lowest BCUT2D eigenvalue weighted by atomic mass is 9.93. The first-order valence-corrected chi connectivity index (χ1v) is 7.09. The second kappa shape index (κ2) is 6.61. The Labute approximate surface area is 120 Å². The number of nitrogens with zero attached hydrogens (tertiary/aromatic N) is 1. The van der Waals surface area contributed by atoms with Crippen LogP contribution in [0.5, 0.6) is 0 Å². The summed E-state index contributed by atoms with van der Waals surface area (Å²) in [6, 6.07) is 7.24. The number of benzene rings is 1. The van der Waals surface area contributed by atoms with Crippen LogP contribution in [0.15, 0.2) is 24.3 Å². The molecule has 2 atom stereocenters. The molecule has 2 rings (SSSR count). The van der Waals surface area contributed by atoms with Crippen molar-refractivity contribution in [3.8, 4) is 0 Å². The summed E-state index contributed by atoms with van der Waals surface area (Å²) in [5, 5.41) is 15.5. The fourth-order valence-corrected chi connectivity index (χ4v) is 2.46. The molecule has 20 heavy (non-hydrogen) atoms. The van der Waals surface area contributed by atoms with E-state index >= 15 is 0 Å². The molecule has 0 heterocycles. The summed E-state index contributed by atoms with van der Waals surface area (Å²) in [5.74, 6) is 0. The zero-order valence-electron chi connectivity index (χ0n) is 12.1. The smallest absolute Gasteiger partial charge is 0.319 e. The third-order valence-electron chi connectivity index (χ3n) is 3.69. The van der Waals surface area contributed by atoms with Gasteiger partial charge in [0, 0.05) is 25.5 Å². The fraction of sp³-hybridized carbons (Fsp3) is 0.533. The van der Waals surface area contributed by atoms with Crippen LogP contribution < -0.4 is 15.5 Å². The predicted molar refractivity (Wildman–Crippen MR) is 81.2 cm³/mol. The van der Waals surface area contributed by atoms with Gasteiger partial charge < -0.3 is 20.6 Å². The number of amides is 2. The Morgan fingerprint density at radius 1 is 1.20 bits per heavy atom. The normalized spacial score (nSPS) is 22.1. The number of aliphatic hydroxyl groups excluding tert-OH is 1. The Morgan fingerprint density at radius 3 is 2.45 bits per heavy atom. The zero-order valence-corrected chi connectivity index (χ0v) is 12.1. The van der Waals surface area contributed by atoms with E-state index in [2.05, 4.69) is 10.6 Å². The lowest BCUT2D eigenvalue weighted by Gasteiger charge is -2.28. The molecule has 0 radical (unpaired) electrons. The van der Waals surface area contributed by atoms with Crippen LogP contribution in [0.2, 0.25) is 0 Å². The summed E-state index contributed by atoms with van der Waals surface area (Å²) in [6.07, 6.45) is 3.27. The van der Waals surface area contributed by atoms with Gasteiger partial charge in [-0.15, -0.1) is 0 Å². The van der Waals surface area contributed by atoms with Crippen LogP contribution in [0, 0.1) is 0 Å². The van der Waals surface area contributed by atoms with Gasteiger partial charge in [0.15, 0.2) is 0 Å². The summed E-state index contributed by atoms with van der Waals surface area (Å²) in [7, 11) is 3.94. The molecule has 0 bridgehead atoms. The van der Waals surface area contributed by atoms with Gasteiger partial charge in [0.2, 0.25) is 0 Å². The minimum Gasteiger partial charge on any atom is -0.391 e. The molecule has 0 saturated heterocycles. The Hall–Kier alpha value is -1.75. The minimum absolute atomic E-state index is 0.134. The molecular weight excluding hydrogens is 254 g/mol. The third-order valence-corrected chi connectivity index (χ3v) is 3.69. The van der Waals surface area contributed by atoms with Crippen molar-refractivity contribution < 1.29 is 9.90 Å². The van der Waals surface area contributed by atoms with Crippen LogP contribution in [0.3, 0.4) is 0 Å². The van der Waals surface area contributed by atoms with E-state index in [1.165, 1.54) is 0 Å². The maximum Gasteiger partial charge on any atom is 0.319 e. The average molecular weight is 277 g/mol. The van der Waals surface area contributed by atoms with Crippen molar-refractivity contribution in [3.05, 3.63) is 24.3 Å². The molecule has 0 unspecified atom stereocenters. The third kappa shape index (κ3) is 3.87. The van der Waals surface area contributed by atoms with Crippen molar-refractivity contribution in [2.24, 2.45) is 0 Å². The number of anilines is 2. The van der Waals surface area contributed by atoms with Crippen LogP contribution in [0.25, 0.3) is 0 Å². The lowest BCUT2D eigenvalue weighted by molar-refractivity contribution is 0.0955. The van der Waals surface area contributed by atoms with Gasteiger partial charge in [-0.05, 0) is 37.1 Å². The van der Waals surface area contributed by atoms with Gasteiger partial charge in [0.25, 0.3) is 0 Å². The first-order valence-electron chi connectivity index (χ1n) is 7.09. The average Bonchev–Trinajstić information content (AvgIpc) is 2.42. The molecule has 3 N–H and O–H groups in total. The van der Waals surface area contributed by atoms with Crippen LogP contribution >= 0.6 is 0 Å². The van der Waals surface area contributed by atoms with Crippen LogP contribution in [-0.2, 0) is 0 Å². The quantitative estimate of drug-likeness (QED) is 0.793. The Kier molecular flexibility index (Phi) is 4.84. The molecule has 1 aromatic carbocycles. The van der Waals surface area contributed by atoms with E-state index in [1.807, 2.05) is 43.3 Å². The molecule has 110 valence electrons. The minimum atomic E-state index is -0.425. The van der Waals surface area contributed by atoms with E-state index in [0.29, 0.717) is 0 Å². The molecule has 0 spiro atoms. The Bertz CT molecular complexity index is 445. The van der Waals surface area contributed by atoms with E-state index in [1.54, 1.807) is 0 Å². The number of nitrogens with one attached hydrogen (secondary N) is 2. The highest BCUT2D eigenvalue weighted by Gasteiger charge is 2.24. The second-order valence-electron chi connectivity index (χ2n) is 5.50. The van der Waals surface area contributed by atoms with Gasteiger partial charge in [0.05, 0.1) is 12.1 Å². The van der Waals surface area contributed by atoms with Crippen molar-refractivity contribution in [1.82, 2.24) is 5.32 Å². The summed E-state index contributed by atoms with van der Waals surface area (Å²) in [4.78, 5) is 13.9. The molecular formula is C15H23N3O2. The number of carbonyl (C=O) groups excluding carboxylic acids is 1. The molecule has 0 aromatic heterocycles. The SMILES string of the molecule is CN(C)c1ccc(NC(=O)N[C@@H]2CCCC[C@H]2O)cc1. The molecule has 1 saturated carbocycles. The van der Waals surface area contributed by atoms with Crippen molar-refractivity contribution in [2.75, 3.05) is 24.3 Å². The monoisotopic (exact) mass is 277 g/mol. The first-order chi connectivity index (χ1) is 9.56. The standard InChI is InChI=1S/C15H23N3O2/c1-18(2)12-9-7-11(8-10-12)16-15(20)17-13-5-3-4-6-14(13)19/h7-10,13-14,19H,3-6H2,1-2H3,(H2,16,17,20)/t13-,14-/m1/s1. The summed E-state index contributed by atoms with van der Waals surface area (Å²) < 4.78 is 0. The van der Waals surface area contributed by atoms with Crippen molar-refractivity contribution in [3.63, 3.8) is 0 Å². The van der Waals surface area contributed by atoms with E-state index in [9.17, 15) is 9.90 Å². The maximum atomic E-state index is 11.9. The Morgan fingerprint density at radius 2 is 1.85 bits per heavy atom. The number of urea groups is 1. The molecule has 1 fully saturated rings. The molecule has 1 aromatic rings. The van der Waals surface area contributed by atoms with Crippen molar-refractivity contribution in [2.45, 2.75) is 37.8 Å². The van der Waals surface area contributed by atoms with Gasteiger partial charge >= 0.3 is 6.03 Å². The summed E-state index contributed by atoms with van der Waals surface area (Å²) in [6.45, 7) is 0. The van der Waals surface area contributed by atoms with E-state index < -0.39 is 6.10 Å². The molecule has 5 heteroatoms. The van der Waals surface area contributed by atoms with E-state index in [-0.39, 0.29) is 12.1 Å². The van der Waals surface area contributed by atoms with Crippen molar-refractivity contribution >= 4 is 17.4 Å². The predicted octanol–water partition coefficient (Wildman–Crippen LogP) is 2.18. The summed E-state index contributed by atoms with van der Waals surface area (Å²) >= 11 is 0. The van der Waals surface area contributed by atoms with E-state index in [4.69, 9.17) is 0 Å². The second-order valence-corrected chi connectivity index (χ2v) is 5.50. The largest absolute Gasteiger partial charge is 0.391 e. The number of hydrogen-bond acceptors (Lipinski definition) is 3. The van der Waals surface area contributed by atoms with E-state index in [0.717, 1.165) is 37.1 Å². The van der Waals surface area contributed by atoms with Gasteiger partial charge in [0.1, 0.15) is 0 Å². The number of hydrogen-bond donors (Lipinski definition) is 3. The lowest BCUT2D eigenvalue weighted by Crippen LogP contribution is -2.46. The molecule has 2 amide bonds. The molecule has 1 aliphatic rings. The van der Waals surface area contributed by atoms with Gasteiger partial charge in [-0.25, -0.2) is 4.79 Å². The number of rotatable bonds is 3. The maximum absolute atomic E-state index is 11.9. The summed E-state index contributed by atoms with van der Waals surface area (Å²) in [5.41, 5.74) is 1.83. The zero-order chi connectivity index (χ0) is 14.5. The number of carbonyl (C=O) groups is 1. The van der Waals surface area contributed by atoms with Gasteiger partial charge in [-0.1, -0.05) is 12.8 Å².